The summed E-state index contributed by atoms with van der Waals surface area (Å²) in [6, 6.07) is 9.62. The van der Waals surface area contributed by atoms with Crippen LogP contribution in [-0.4, -0.2) is 0 Å². The first kappa shape index (κ1) is 25.4. The van der Waals surface area contributed by atoms with Crippen molar-refractivity contribution < 1.29 is 25.8 Å². The second-order valence-corrected chi connectivity index (χ2v) is 10.0. The third-order valence-corrected chi connectivity index (χ3v) is 7.89. The maximum atomic E-state index is 3.44. The molecule has 4 rings (SSSR count). The Hall–Kier alpha value is -0.820. The molecule has 0 fully saturated rings. The maximum absolute atomic E-state index is 3.44. The Balaban J connectivity index is 0.000000249. The molecule has 2 aromatic rings. The van der Waals surface area contributed by atoms with E-state index in [-0.39, 0.29) is 31.3 Å². The predicted octanol–water partition coefficient (Wildman–Crippen LogP) is 8.53. The topological polar surface area (TPSA) is 0 Å². The van der Waals surface area contributed by atoms with E-state index in [9.17, 15) is 0 Å². The number of hydrogen-bond donors (Lipinski definition) is 0. The first-order valence-corrected chi connectivity index (χ1v) is 11.7. The third-order valence-electron chi connectivity index (χ3n) is 7.89. The molecule has 162 valence electrons. The standard InChI is InChI=1S/C19H25.C10H15.Hf/c1-4-7-14-8-9-15-10-16-12-19(5-2,6-3)13-17(16)11-18(14)15;1-7-6-10(4,5)9(3)8(7)2;/h8-11H,4-7,12-13H2,1-3H3;1-5H3;/q2*-1;. The van der Waals surface area contributed by atoms with Crippen LogP contribution in [0.15, 0.2) is 41.0 Å². The number of allylic oxidation sites excluding steroid dienone is 4. The molecule has 0 aliphatic heterocycles. The second-order valence-electron chi connectivity index (χ2n) is 10.0. The fourth-order valence-corrected chi connectivity index (χ4v) is 5.25. The largest absolute Gasteiger partial charge is 0.263 e. The summed E-state index contributed by atoms with van der Waals surface area (Å²) in [6.45, 7) is 17.9. The molecule has 0 bridgehead atoms. The van der Waals surface area contributed by atoms with E-state index in [4.69, 9.17) is 0 Å². The van der Waals surface area contributed by atoms with Crippen molar-refractivity contribution in [2.45, 2.75) is 93.9 Å². The van der Waals surface area contributed by atoms with E-state index in [2.05, 4.69) is 85.7 Å². The summed E-state index contributed by atoms with van der Waals surface area (Å²) in [6.07, 6.45) is 11.1. The van der Waals surface area contributed by atoms with Crippen LogP contribution >= 0.6 is 0 Å². The Morgan fingerprint density at radius 1 is 0.967 bits per heavy atom. The molecule has 2 aliphatic carbocycles. The minimum Gasteiger partial charge on any atom is -0.263 e. The molecule has 0 radical (unpaired) electrons. The van der Waals surface area contributed by atoms with Gasteiger partial charge in [0.2, 0.25) is 0 Å². The Labute approximate surface area is 204 Å². The quantitative estimate of drug-likeness (QED) is 0.257. The second kappa shape index (κ2) is 9.76. The summed E-state index contributed by atoms with van der Waals surface area (Å²) >= 11 is 0. The van der Waals surface area contributed by atoms with E-state index in [1.807, 2.05) is 0 Å². The van der Waals surface area contributed by atoms with Crippen molar-refractivity contribution in [1.29, 1.82) is 0 Å². The molecule has 0 N–H and O–H groups in total. The zero-order valence-electron chi connectivity index (χ0n) is 20.6. The molecular weight excluding hydrogens is 527 g/mol. The van der Waals surface area contributed by atoms with Crippen molar-refractivity contribution in [3.63, 3.8) is 0 Å². The van der Waals surface area contributed by atoms with Crippen LogP contribution < -0.4 is 0 Å². The third kappa shape index (κ3) is 4.82. The Morgan fingerprint density at radius 2 is 1.57 bits per heavy atom. The molecule has 0 saturated carbocycles. The van der Waals surface area contributed by atoms with Crippen LogP contribution in [0.3, 0.4) is 0 Å². The van der Waals surface area contributed by atoms with Gasteiger partial charge in [-0.05, 0) is 31.1 Å². The van der Waals surface area contributed by atoms with Gasteiger partial charge in [-0.1, -0.05) is 77.8 Å². The molecule has 0 heterocycles. The summed E-state index contributed by atoms with van der Waals surface area (Å²) in [7, 11) is 0. The van der Waals surface area contributed by atoms with Gasteiger partial charge in [-0.15, -0.1) is 41.5 Å². The zero-order chi connectivity index (χ0) is 21.4. The van der Waals surface area contributed by atoms with Crippen molar-refractivity contribution in [1.82, 2.24) is 0 Å². The fourth-order valence-electron chi connectivity index (χ4n) is 5.25. The number of rotatable bonds is 4. The van der Waals surface area contributed by atoms with Gasteiger partial charge < -0.3 is 0 Å². The Bertz CT molecular complexity index is 944. The molecule has 2 aliphatic rings. The number of benzene rings is 1. The molecule has 0 amide bonds. The van der Waals surface area contributed by atoms with Gasteiger partial charge in [-0.25, -0.2) is 5.57 Å². The minimum atomic E-state index is 0. The zero-order valence-corrected chi connectivity index (χ0v) is 24.1. The van der Waals surface area contributed by atoms with Crippen LogP contribution in [0.4, 0.5) is 0 Å². The van der Waals surface area contributed by atoms with Gasteiger partial charge in [0.05, 0.1) is 0 Å². The van der Waals surface area contributed by atoms with Crippen LogP contribution in [0.5, 0.6) is 0 Å². The first-order chi connectivity index (χ1) is 13.7. The molecule has 0 spiro atoms. The van der Waals surface area contributed by atoms with E-state index in [1.54, 1.807) is 16.7 Å². The van der Waals surface area contributed by atoms with Gasteiger partial charge >= 0.3 is 0 Å². The van der Waals surface area contributed by atoms with Crippen molar-refractivity contribution in [2.75, 3.05) is 0 Å². The molecule has 2 aromatic carbocycles. The van der Waals surface area contributed by atoms with Gasteiger partial charge in [0, 0.05) is 25.8 Å². The number of fused-ring (bicyclic) bond motifs is 2. The van der Waals surface area contributed by atoms with Gasteiger partial charge in [0.25, 0.3) is 0 Å². The Morgan fingerprint density at radius 3 is 2.00 bits per heavy atom. The summed E-state index contributed by atoms with van der Waals surface area (Å²) < 4.78 is 0. The van der Waals surface area contributed by atoms with E-state index < -0.39 is 0 Å². The van der Waals surface area contributed by atoms with Crippen LogP contribution in [0.25, 0.3) is 10.8 Å². The minimum absolute atomic E-state index is 0. The van der Waals surface area contributed by atoms with Crippen molar-refractivity contribution in [3.05, 3.63) is 63.8 Å². The van der Waals surface area contributed by atoms with Crippen LogP contribution in [0.2, 0.25) is 0 Å². The van der Waals surface area contributed by atoms with E-state index in [0.29, 0.717) is 5.41 Å². The SMILES string of the molecule is CC1=[C-]C(C)(C)C(C)=C1C.CCC[c-]1ccc2cc3c(cc21)CC(CC)(CC)C3.[Hf]. The van der Waals surface area contributed by atoms with Gasteiger partial charge in [0.15, 0.2) is 0 Å². The maximum Gasteiger partial charge on any atom is 0 e. The molecule has 0 saturated heterocycles. The average molecular weight is 567 g/mol. The molecule has 0 atom stereocenters. The van der Waals surface area contributed by atoms with Crippen molar-refractivity contribution in [3.8, 4) is 0 Å². The normalized spacial score (nSPS) is 18.6. The summed E-state index contributed by atoms with van der Waals surface area (Å²) in [4.78, 5) is 0. The van der Waals surface area contributed by atoms with Gasteiger partial charge in [-0.2, -0.15) is 17.2 Å². The summed E-state index contributed by atoms with van der Waals surface area (Å²) in [5, 5.41) is 2.98. The van der Waals surface area contributed by atoms with Gasteiger partial charge in [0.1, 0.15) is 0 Å². The van der Waals surface area contributed by atoms with E-state index >= 15 is 0 Å². The van der Waals surface area contributed by atoms with E-state index in [0.717, 1.165) is 0 Å². The van der Waals surface area contributed by atoms with Crippen molar-refractivity contribution in [2.24, 2.45) is 10.8 Å². The monoisotopic (exact) mass is 568 g/mol. The fraction of sp³-hybridized carbons (Fsp3) is 0.552. The van der Waals surface area contributed by atoms with Gasteiger partial charge in [-0.3, -0.25) is 6.08 Å². The Kier molecular flexibility index (Phi) is 8.28. The smallest absolute Gasteiger partial charge is 0 e. The van der Waals surface area contributed by atoms with Crippen LogP contribution in [-0.2, 0) is 45.1 Å². The van der Waals surface area contributed by atoms with Crippen molar-refractivity contribution >= 4 is 10.8 Å². The van der Waals surface area contributed by atoms with Crippen LogP contribution in [0, 0.1) is 16.9 Å². The first-order valence-electron chi connectivity index (χ1n) is 11.7. The molecular formula is C29H40Hf-2. The van der Waals surface area contributed by atoms with Crippen LogP contribution in [0.1, 0.15) is 91.3 Å². The average Bonchev–Trinajstić information content (AvgIpc) is 3.30. The molecule has 0 nitrogen and oxygen atoms in total. The molecule has 30 heavy (non-hydrogen) atoms. The molecule has 0 aromatic heterocycles. The predicted molar refractivity (Wildman–Crippen MR) is 129 cm³/mol. The number of hydrogen-bond acceptors (Lipinski definition) is 0. The number of aryl methyl sites for hydroxylation is 1. The summed E-state index contributed by atoms with van der Waals surface area (Å²) in [5.74, 6) is 0. The van der Waals surface area contributed by atoms with E-state index in [1.165, 1.54) is 66.0 Å². The molecule has 1 heteroatoms. The summed E-state index contributed by atoms with van der Waals surface area (Å²) in [5.41, 5.74) is 9.73. The molecule has 0 unspecified atom stereocenters.